The first kappa shape index (κ1) is 23.6. The SMILES string of the molecule is C=C/C=C\C(=C(C=C)C=C)c1c(C=C)sc(C=C)c1C(/C=C\C=C)=C(C=C)C=C. The summed E-state index contributed by atoms with van der Waals surface area (Å²) in [5, 5.41) is 0. The molecule has 0 radical (unpaired) electrons. The molecule has 1 heterocycles. The van der Waals surface area contributed by atoms with Crippen molar-refractivity contribution >= 4 is 34.6 Å². The van der Waals surface area contributed by atoms with Crippen molar-refractivity contribution in [1.29, 1.82) is 0 Å². The predicted octanol–water partition coefficient (Wildman–Crippen LogP) is 8.77. The van der Waals surface area contributed by atoms with Crippen LogP contribution in [-0.2, 0) is 0 Å². The molecule has 1 heteroatoms. The smallest absolute Gasteiger partial charge is 0.0355 e. The first-order valence-electron chi connectivity index (χ1n) is 9.07. The fourth-order valence-corrected chi connectivity index (χ4v) is 3.90. The van der Waals surface area contributed by atoms with Crippen LogP contribution < -0.4 is 0 Å². The predicted molar refractivity (Wildman–Crippen MR) is 138 cm³/mol. The minimum absolute atomic E-state index is 0.909. The minimum Gasteiger partial charge on any atom is -0.135 e. The fourth-order valence-electron chi connectivity index (χ4n) is 2.87. The molecule has 0 amide bonds. The van der Waals surface area contributed by atoms with Gasteiger partial charge in [-0.3, -0.25) is 0 Å². The molecule has 0 aliphatic carbocycles. The second-order valence-corrected chi connectivity index (χ2v) is 6.82. The van der Waals surface area contributed by atoms with Crippen molar-refractivity contribution in [3.05, 3.63) is 145 Å². The maximum Gasteiger partial charge on any atom is 0.0355 e. The molecular weight excluding hydrogens is 368 g/mol. The van der Waals surface area contributed by atoms with Crippen molar-refractivity contribution in [2.75, 3.05) is 0 Å². The molecule has 0 spiro atoms. The van der Waals surface area contributed by atoms with Gasteiger partial charge < -0.3 is 0 Å². The second kappa shape index (κ2) is 12.1. The van der Waals surface area contributed by atoms with Crippen molar-refractivity contribution in [2.24, 2.45) is 0 Å². The molecule has 0 saturated heterocycles. The Morgan fingerprint density at radius 3 is 1.14 bits per heavy atom. The summed E-state index contributed by atoms with van der Waals surface area (Å²) in [6.07, 6.45) is 22.2. The highest BCUT2D eigenvalue weighted by molar-refractivity contribution is 7.14. The summed E-state index contributed by atoms with van der Waals surface area (Å²) in [6.45, 7) is 31.5. The molecule has 146 valence electrons. The molecule has 0 atom stereocenters. The Kier molecular flexibility index (Phi) is 9.87. The highest BCUT2D eigenvalue weighted by atomic mass is 32.1. The lowest BCUT2D eigenvalue weighted by Gasteiger charge is -2.14. The third-order valence-electron chi connectivity index (χ3n) is 4.17. The fraction of sp³-hybridized carbons (Fsp3) is 0. The van der Waals surface area contributed by atoms with Crippen LogP contribution in [0.5, 0.6) is 0 Å². The van der Waals surface area contributed by atoms with Gasteiger partial charge in [-0.2, -0.15) is 0 Å². The molecule has 1 aromatic rings. The molecule has 0 fully saturated rings. The van der Waals surface area contributed by atoms with Crippen molar-refractivity contribution in [1.82, 2.24) is 0 Å². The lowest BCUT2D eigenvalue weighted by molar-refractivity contribution is 1.57. The number of rotatable bonds is 12. The Hall–Kier alpha value is -3.42. The average molecular weight is 397 g/mol. The zero-order valence-electron chi connectivity index (χ0n) is 17.0. The van der Waals surface area contributed by atoms with Crippen LogP contribution in [0.4, 0.5) is 0 Å². The van der Waals surface area contributed by atoms with E-state index in [9.17, 15) is 0 Å². The summed E-state index contributed by atoms with van der Waals surface area (Å²) in [6, 6.07) is 0. The van der Waals surface area contributed by atoms with Gasteiger partial charge in [0.2, 0.25) is 0 Å². The highest BCUT2D eigenvalue weighted by Gasteiger charge is 2.21. The average Bonchev–Trinajstić information content (AvgIpc) is 3.12. The molecule has 0 nitrogen and oxygen atoms in total. The summed E-state index contributed by atoms with van der Waals surface area (Å²) in [5.74, 6) is 0. The van der Waals surface area contributed by atoms with E-state index < -0.39 is 0 Å². The van der Waals surface area contributed by atoms with E-state index in [1.165, 1.54) is 0 Å². The number of hydrogen-bond donors (Lipinski definition) is 0. The molecule has 0 bridgehead atoms. The van der Waals surface area contributed by atoms with Gasteiger partial charge in [0.25, 0.3) is 0 Å². The molecule has 0 aliphatic rings. The van der Waals surface area contributed by atoms with E-state index in [-0.39, 0.29) is 0 Å². The number of hydrogen-bond acceptors (Lipinski definition) is 1. The van der Waals surface area contributed by atoms with Crippen molar-refractivity contribution in [2.45, 2.75) is 0 Å². The first-order valence-corrected chi connectivity index (χ1v) is 9.88. The molecule has 0 unspecified atom stereocenters. The molecule has 0 saturated carbocycles. The van der Waals surface area contributed by atoms with Crippen LogP contribution in [0.25, 0.3) is 23.3 Å². The Balaban J connectivity index is 4.30. The van der Waals surface area contributed by atoms with Gasteiger partial charge in [0, 0.05) is 20.9 Å². The summed E-state index contributed by atoms with van der Waals surface area (Å²) < 4.78 is 0. The normalized spacial score (nSPS) is 10.2. The molecule has 0 aromatic carbocycles. The topological polar surface area (TPSA) is 0 Å². The second-order valence-electron chi connectivity index (χ2n) is 5.73. The number of thiophene rings is 1. The first-order chi connectivity index (χ1) is 14.1. The van der Waals surface area contributed by atoms with Crippen LogP contribution in [0.1, 0.15) is 20.9 Å². The molecule has 29 heavy (non-hydrogen) atoms. The van der Waals surface area contributed by atoms with E-state index in [0.717, 1.165) is 43.2 Å². The maximum absolute atomic E-state index is 4.03. The monoisotopic (exact) mass is 396 g/mol. The quantitative estimate of drug-likeness (QED) is 0.310. The van der Waals surface area contributed by atoms with Gasteiger partial charge in [0.05, 0.1) is 0 Å². The zero-order chi connectivity index (χ0) is 21.8. The largest absolute Gasteiger partial charge is 0.135 e. The molecule has 0 aliphatic heterocycles. The summed E-state index contributed by atoms with van der Waals surface area (Å²) in [5.41, 5.74) is 5.82. The third kappa shape index (κ3) is 5.31. The van der Waals surface area contributed by atoms with Gasteiger partial charge in [-0.05, 0) is 22.3 Å². The zero-order valence-corrected chi connectivity index (χ0v) is 17.8. The van der Waals surface area contributed by atoms with E-state index in [0.29, 0.717) is 0 Å². The third-order valence-corrected chi connectivity index (χ3v) is 5.35. The Bertz CT molecular complexity index is 879. The molecule has 1 rings (SSSR count). The maximum atomic E-state index is 4.03. The van der Waals surface area contributed by atoms with Gasteiger partial charge in [-0.1, -0.05) is 126 Å². The van der Waals surface area contributed by atoms with Crippen molar-refractivity contribution in [3.8, 4) is 0 Å². The van der Waals surface area contributed by atoms with Crippen molar-refractivity contribution in [3.63, 3.8) is 0 Å². The molecule has 0 N–H and O–H groups in total. The molecule has 1 aromatic heterocycles. The Labute approximate surface area is 180 Å². The van der Waals surface area contributed by atoms with Crippen LogP contribution in [-0.4, -0.2) is 0 Å². The Morgan fingerprint density at radius 2 is 0.897 bits per heavy atom. The van der Waals surface area contributed by atoms with E-state index in [1.807, 2.05) is 36.5 Å². The van der Waals surface area contributed by atoms with E-state index in [2.05, 4.69) is 52.6 Å². The van der Waals surface area contributed by atoms with E-state index in [4.69, 9.17) is 0 Å². The Morgan fingerprint density at radius 1 is 0.552 bits per heavy atom. The standard InChI is InChI=1S/C28H28S/c1-9-17-19-23(21(11-3)12-4)27-25(15-7)29-26(16-8)28(27)24(20-18-10-2)22(13-5)14-6/h9-20H,1-8H2/b19-17-,20-18-. The molecular formula is C28H28S. The number of allylic oxidation sites excluding steroid dienone is 14. The lowest BCUT2D eigenvalue weighted by Crippen LogP contribution is -1.95. The van der Waals surface area contributed by atoms with Crippen LogP contribution in [0.3, 0.4) is 0 Å². The minimum atomic E-state index is 0.909. The van der Waals surface area contributed by atoms with Crippen LogP contribution in [0, 0.1) is 0 Å². The summed E-state index contributed by atoms with van der Waals surface area (Å²) >= 11 is 1.63. The van der Waals surface area contributed by atoms with Gasteiger partial charge in [0.15, 0.2) is 0 Å². The van der Waals surface area contributed by atoms with Crippen LogP contribution in [0.15, 0.2) is 125 Å². The van der Waals surface area contributed by atoms with Gasteiger partial charge >= 0.3 is 0 Å². The lowest BCUT2D eigenvalue weighted by atomic mass is 9.88. The van der Waals surface area contributed by atoms with Crippen LogP contribution in [0.2, 0.25) is 0 Å². The van der Waals surface area contributed by atoms with Crippen molar-refractivity contribution < 1.29 is 0 Å². The van der Waals surface area contributed by atoms with Gasteiger partial charge in [-0.15, -0.1) is 11.3 Å². The van der Waals surface area contributed by atoms with Gasteiger partial charge in [0.1, 0.15) is 0 Å². The van der Waals surface area contributed by atoms with E-state index >= 15 is 0 Å². The summed E-state index contributed by atoms with van der Waals surface area (Å²) in [4.78, 5) is 2.05. The summed E-state index contributed by atoms with van der Waals surface area (Å²) in [7, 11) is 0. The van der Waals surface area contributed by atoms with Crippen LogP contribution >= 0.6 is 11.3 Å². The van der Waals surface area contributed by atoms with E-state index in [1.54, 1.807) is 47.8 Å². The van der Waals surface area contributed by atoms with Gasteiger partial charge in [-0.25, -0.2) is 0 Å². The highest BCUT2D eigenvalue weighted by Crippen LogP contribution is 2.43.